The second-order valence-corrected chi connectivity index (χ2v) is 5.22. The first kappa shape index (κ1) is 15.1. The van der Waals surface area contributed by atoms with Crippen molar-refractivity contribution in [1.29, 1.82) is 0 Å². The summed E-state index contributed by atoms with van der Waals surface area (Å²) in [5.74, 6) is 0.849. The number of methoxy groups -OCH3 is 1. The van der Waals surface area contributed by atoms with Crippen LogP contribution >= 0.6 is 34.8 Å². The number of ether oxygens (including phenoxy) is 1. The molecule has 0 saturated carbocycles. The highest BCUT2D eigenvalue weighted by atomic mass is 35.5. The Bertz CT molecular complexity index is 350. The van der Waals surface area contributed by atoms with E-state index in [4.69, 9.17) is 39.5 Å². The highest BCUT2D eigenvalue weighted by Gasteiger charge is 2.34. The van der Waals surface area contributed by atoms with Crippen molar-refractivity contribution in [3.8, 4) is 0 Å². The molecule has 4 heteroatoms. The van der Waals surface area contributed by atoms with E-state index in [2.05, 4.69) is 0 Å². The summed E-state index contributed by atoms with van der Waals surface area (Å²) in [5.41, 5.74) is 0.659. The minimum Gasteiger partial charge on any atom is -0.382 e. The van der Waals surface area contributed by atoms with Crippen LogP contribution in [-0.4, -0.2) is 25.0 Å². The van der Waals surface area contributed by atoms with Gasteiger partial charge in [0.2, 0.25) is 0 Å². The molecule has 1 aromatic carbocycles. The fourth-order valence-corrected chi connectivity index (χ4v) is 3.05. The average molecular weight is 296 g/mol. The Hall–Kier alpha value is 0.0500. The van der Waals surface area contributed by atoms with Crippen molar-refractivity contribution in [2.24, 2.45) is 0 Å². The second-order valence-electron chi connectivity index (χ2n) is 4.28. The van der Waals surface area contributed by atoms with Gasteiger partial charge in [-0.15, -0.1) is 23.2 Å². The fourth-order valence-electron chi connectivity index (χ4n) is 1.92. The van der Waals surface area contributed by atoms with E-state index in [1.165, 1.54) is 0 Å². The van der Waals surface area contributed by atoms with Crippen LogP contribution in [0.1, 0.15) is 18.9 Å². The summed E-state index contributed by atoms with van der Waals surface area (Å²) in [5, 5.41) is 0.706. The summed E-state index contributed by atoms with van der Waals surface area (Å²) < 4.78 is 5.31. The Morgan fingerprint density at radius 1 is 1.24 bits per heavy atom. The monoisotopic (exact) mass is 294 g/mol. The van der Waals surface area contributed by atoms with Crippen molar-refractivity contribution in [3.63, 3.8) is 0 Å². The Kier molecular flexibility index (Phi) is 6.08. The third-order valence-electron chi connectivity index (χ3n) is 3.04. The molecule has 0 fully saturated rings. The van der Waals surface area contributed by atoms with Crippen LogP contribution in [-0.2, 0) is 10.2 Å². The second kappa shape index (κ2) is 6.84. The minimum absolute atomic E-state index is 0.0868. The van der Waals surface area contributed by atoms with E-state index >= 15 is 0 Å². The maximum absolute atomic E-state index is 6.23. The smallest absolute Gasteiger partial charge is 0.0552 e. The van der Waals surface area contributed by atoms with Gasteiger partial charge in [-0.2, -0.15) is 0 Å². The zero-order valence-electron chi connectivity index (χ0n) is 10.1. The van der Waals surface area contributed by atoms with Crippen molar-refractivity contribution in [1.82, 2.24) is 0 Å². The molecule has 0 N–H and O–H groups in total. The largest absolute Gasteiger partial charge is 0.382 e. The number of rotatable bonds is 6. The van der Waals surface area contributed by atoms with Gasteiger partial charge in [-0.3, -0.25) is 0 Å². The van der Waals surface area contributed by atoms with Crippen LogP contribution in [0.5, 0.6) is 0 Å². The third-order valence-corrected chi connectivity index (χ3v) is 4.39. The predicted molar refractivity (Wildman–Crippen MR) is 75.7 cm³/mol. The molecule has 1 rings (SSSR count). The lowest BCUT2D eigenvalue weighted by molar-refractivity contribution is 0.0938. The molecule has 1 atom stereocenters. The normalized spacial score (nSPS) is 13.7. The fraction of sp³-hybridized carbons (Fsp3) is 0.538. The molecule has 0 spiro atoms. The van der Waals surface area contributed by atoms with Gasteiger partial charge in [-0.1, -0.05) is 29.8 Å². The molecule has 0 aliphatic rings. The van der Waals surface area contributed by atoms with Gasteiger partial charge in [0.15, 0.2) is 0 Å². The Balaban J connectivity index is 3.11. The molecule has 0 amide bonds. The van der Waals surface area contributed by atoms with Crippen molar-refractivity contribution in [3.05, 3.63) is 34.9 Å². The summed E-state index contributed by atoms with van der Waals surface area (Å²) in [4.78, 5) is 0. The quantitative estimate of drug-likeness (QED) is 0.703. The van der Waals surface area contributed by atoms with Crippen LogP contribution in [0.4, 0.5) is 0 Å². The number of alkyl halides is 2. The molecule has 0 aliphatic heterocycles. The molecule has 1 aromatic rings. The first-order valence-corrected chi connectivity index (χ1v) is 6.94. The van der Waals surface area contributed by atoms with Gasteiger partial charge < -0.3 is 4.74 Å². The summed E-state index contributed by atoms with van der Waals surface area (Å²) in [6.07, 6.45) is 0.837. The van der Waals surface area contributed by atoms with Crippen LogP contribution in [0.2, 0.25) is 5.02 Å². The van der Waals surface area contributed by atoms with Crippen molar-refractivity contribution < 1.29 is 4.74 Å². The van der Waals surface area contributed by atoms with Crippen LogP contribution in [0.15, 0.2) is 24.3 Å². The average Bonchev–Trinajstić information content (AvgIpc) is 2.36. The lowest BCUT2D eigenvalue weighted by Crippen LogP contribution is -2.35. The zero-order valence-corrected chi connectivity index (χ0v) is 12.3. The van der Waals surface area contributed by atoms with E-state index < -0.39 is 0 Å². The van der Waals surface area contributed by atoms with E-state index in [0.29, 0.717) is 16.8 Å². The molecule has 96 valence electrons. The van der Waals surface area contributed by atoms with E-state index in [1.54, 1.807) is 7.11 Å². The number of benzene rings is 1. The van der Waals surface area contributed by atoms with Crippen molar-refractivity contribution >= 4 is 34.8 Å². The molecule has 0 radical (unpaired) electrons. The van der Waals surface area contributed by atoms with Crippen LogP contribution in [0, 0.1) is 0 Å². The number of hydrogen-bond donors (Lipinski definition) is 0. The van der Waals surface area contributed by atoms with E-state index in [-0.39, 0.29) is 11.5 Å². The SMILES string of the molecule is COC(C)CC(CCl)(CCl)c1ccccc1Cl. The molecule has 17 heavy (non-hydrogen) atoms. The van der Waals surface area contributed by atoms with Gasteiger partial charge in [0.05, 0.1) is 6.10 Å². The molecule has 0 saturated heterocycles. The van der Waals surface area contributed by atoms with Gasteiger partial charge in [-0.25, -0.2) is 0 Å². The lowest BCUT2D eigenvalue weighted by Gasteiger charge is -2.33. The van der Waals surface area contributed by atoms with Gasteiger partial charge in [-0.05, 0) is 25.0 Å². The molecule has 0 bridgehead atoms. The summed E-state index contributed by atoms with van der Waals surface area (Å²) >= 11 is 18.5. The topological polar surface area (TPSA) is 9.23 Å². The van der Waals surface area contributed by atoms with Gasteiger partial charge in [0.25, 0.3) is 0 Å². The molecule has 0 aliphatic carbocycles. The van der Waals surface area contributed by atoms with Crippen LogP contribution in [0.3, 0.4) is 0 Å². The lowest BCUT2D eigenvalue weighted by atomic mass is 9.79. The van der Waals surface area contributed by atoms with E-state index in [9.17, 15) is 0 Å². The number of hydrogen-bond acceptors (Lipinski definition) is 1. The molecule has 0 aromatic heterocycles. The predicted octanol–water partition coefficient (Wildman–Crippen LogP) is 4.48. The standard InChI is InChI=1S/C13H17Cl3O/c1-10(17-2)7-13(8-14,9-15)11-5-3-4-6-12(11)16/h3-6,10H,7-9H2,1-2H3. The Morgan fingerprint density at radius 3 is 2.29 bits per heavy atom. The molecule has 0 heterocycles. The van der Waals surface area contributed by atoms with Crippen molar-refractivity contribution in [2.75, 3.05) is 18.9 Å². The highest BCUT2D eigenvalue weighted by Crippen LogP contribution is 2.37. The van der Waals surface area contributed by atoms with Gasteiger partial charge in [0, 0.05) is 29.3 Å². The Morgan fingerprint density at radius 2 is 1.82 bits per heavy atom. The van der Waals surface area contributed by atoms with E-state index in [1.807, 2.05) is 31.2 Å². The summed E-state index contributed by atoms with van der Waals surface area (Å²) in [6.45, 7) is 2.00. The first-order chi connectivity index (χ1) is 8.09. The maximum Gasteiger partial charge on any atom is 0.0552 e. The molecular weight excluding hydrogens is 279 g/mol. The van der Waals surface area contributed by atoms with E-state index in [0.717, 1.165) is 12.0 Å². The molecule has 1 unspecified atom stereocenters. The summed E-state index contributed by atoms with van der Waals surface area (Å²) in [7, 11) is 1.69. The highest BCUT2D eigenvalue weighted by molar-refractivity contribution is 6.32. The molecular formula is C13H17Cl3O. The minimum atomic E-state index is -0.336. The van der Waals surface area contributed by atoms with Gasteiger partial charge >= 0.3 is 0 Å². The zero-order chi connectivity index (χ0) is 12.9. The molecule has 1 nitrogen and oxygen atoms in total. The first-order valence-electron chi connectivity index (χ1n) is 5.49. The Labute approximate surface area is 118 Å². The maximum atomic E-state index is 6.23. The van der Waals surface area contributed by atoms with Crippen molar-refractivity contribution in [2.45, 2.75) is 24.9 Å². The third kappa shape index (κ3) is 3.51. The van der Waals surface area contributed by atoms with Crippen LogP contribution in [0.25, 0.3) is 0 Å². The number of halogens is 3. The van der Waals surface area contributed by atoms with Crippen LogP contribution < -0.4 is 0 Å². The van der Waals surface area contributed by atoms with Gasteiger partial charge in [0.1, 0.15) is 0 Å². The summed E-state index contributed by atoms with van der Waals surface area (Å²) in [6, 6.07) is 7.70.